The van der Waals surface area contributed by atoms with Crippen LogP contribution in [0.15, 0.2) is 12.1 Å². The summed E-state index contributed by atoms with van der Waals surface area (Å²) in [5.41, 5.74) is 1.61. The number of benzene rings is 1. The monoisotopic (exact) mass is 455 g/mol. The Morgan fingerprint density at radius 1 is 1.11 bits per heavy atom. The van der Waals surface area contributed by atoms with Gasteiger partial charge in [0.05, 0.1) is 38.1 Å². The zero-order valence-electron chi connectivity index (χ0n) is 17.3. The van der Waals surface area contributed by atoms with Crippen LogP contribution in [0.4, 0.5) is 0 Å². The van der Waals surface area contributed by atoms with Gasteiger partial charge in [-0.05, 0) is 31.9 Å². The summed E-state index contributed by atoms with van der Waals surface area (Å²) in [6, 6.07) is 3.70. The normalized spacial score (nSPS) is 14.8. The number of carbonyl (C=O) groups is 1. The smallest absolute Gasteiger partial charge is 0.163 e. The highest BCUT2D eigenvalue weighted by Gasteiger charge is 2.21. The largest absolute Gasteiger partial charge is 0.496 e. The number of unbranched alkanes of at least 4 members (excludes halogenated alkanes) is 5. The van der Waals surface area contributed by atoms with E-state index in [9.17, 15) is 4.79 Å². The van der Waals surface area contributed by atoms with Crippen LogP contribution in [-0.4, -0.2) is 56.0 Å². The highest BCUT2D eigenvalue weighted by atomic mass is 79.9. The van der Waals surface area contributed by atoms with Crippen LogP contribution < -0.4 is 9.47 Å². The summed E-state index contributed by atoms with van der Waals surface area (Å²) >= 11 is 3.47. The molecule has 158 valence electrons. The first-order valence-electron chi connectivity index (χ1n) is 10.4. The minimum atomic E-state index is 0.0238. The molecule has 0 spiro atoms. The molecule has 0 N–H and O–H groups in total. The Morgan fingerprint density at radius 2 is 1.79 bits per heavy atom. The van der Waals surface area contributed by atoms with E-state index in [1.54, 1.807) is 14.0 Å². The van der Waals surface area contributed by atoms with Crippen LogP contribution in [-0.2, 0) is 11.3 Å². The fraction of sp³-hybridized carbons (Fsp3) is 0.682. The zero-order chi connectivity index (χ0) is 20.2. The summed E-state index contributed by atoms with van der Waals surface area (Å²) < 4.78 is 17.2. The molecule has 28 heavy (non-hydrogen) atoms. The molecular formula is C22H34BrNO4. The van der Waals surface area contributed by atoms with Crippen LogP contribution in [0.5, 0.6) is 11.5 Å². The molecule has 0 aliphatic carbocycles. The Bertz CT molecular complexity index is 602. The number of Topliss-reactive ketones (excluding diaryl/α,β-unsaturated/α-hetero) is 1. The lowest BCUT2D eigenvalue weighted by Crippen LogP contribution is -2.36. The number of hydrogen-bond acceptors (Lipinski definition) is 5. The van der Waals surface area contributed by atoms with Crippen molar-refractivity contribution in [2.75, 3.05) is 45.4 Å². The van der Waals surface area contributed by atoms with E-state index in [1.807, 2.05) is 12.1 Å². The SMILES string of the molecule is COc1ccc(C(C)=O)c(OCCCCCCCCBr)c1CN1CCOCC1. The number of hydrogen-bond donors (Lipinski definition) is 0. The molecule has 1 aromatic carbocycles. The third-order valence-electron chi connectivity index (χ3n) is 5.08. The molecule has 0 saturated carbocycles. The highest BCUT2D eigenvalue weighted by molar-refractivity contribution is 9.09. The van der Waals surface area contributed by atoms with Gasteiger partial charge in [0.15, 0.2) is 5.78 Å². The second kappa shape index (κ2) is 13.2. The lowest BCUT2D eigenvalue weighted by atomic mass is 10.0. The highest BCUT2D eigenvalue weighted by Crippen LogP contribution is 2.34. The summed E-state index contributed by atoms with van der Waals surface area (Å²) in [5, 5.41) is 1.09. The summed E-state index contributed by atoms with van der Waals surface area (Å²) in [6.07, 6.45) is 7.17. The average molecular weight is 456 g/mol. The standard InChI is InChI=1S/C22H34BrNO4/c1-18(25)19-9-10-21(26-2)20(17-24-12-15-27-16-13-24)22(19)28-14-8-6-4-3-5-7-11-23/h9-10H,3-8,11-17H2,1-2H3. The summed E-state index contributed by atoms with van der Waals surface area (Å²) in [4.78, 5) is 14.5. The Labute approximate surface area is 177 Å². The zero-order valence-corrected chi connectivity index (χ0v) is 18.9. The van der Waals surface area contributed by atoms with Crippen molar-refractivity contribution < 1.29 is 19.0 Å². The molecule has 1 saturated heterocycles. The van der Waals surface area contributed by atoms with Gasteiger partial charge in [-0.1, -0.05) is 41.6 Å². The molecule has 1 heterocycles. The minimum Gasteiger partial charge on any atom is -0.496 e. The molecule has 0 unspecified atom stereocenters. The Morgan fingerprint density at radius 3 is 2.43 bits per heavy atom. The molecule has 6 heteroatoms. The maximum atomic E-state index is 12.2. The van der Waals surface area contributed by atoms with Crippen LogP contribution in [0, 0.1) is 0 Å². The third-order valence-corrected chi connectivity index (χ3v) is 5.64. The molecule has 0 aromatic heterocycles. The Balaban J connectivity index is 2.02. The van der Waals surface area contributed by atoms with Crippen LogP contribution >= 0.6 is 15.9 Å². The number of rotatable bonds is 13. The number of halogens is 1. The molecular weight excluding hydrogens is 422 g/mol. The summed E-state index contributed by atoms with van der Waals surface area (Å²) in [5.74, 6) is 1.49. The second-order valence-electron chi connectivity index (χ2n) is 7.23. The van der Waals surface area contributed by atoms with Gasteiger partial charge in [-0.2, -0.15) is 0 Å². The summed E-state index contributed by atoms with van der Waals surface area (Å²) in [6.45, 7) is 6.15. The van der Waals surface area contributed by atoms with Gasteiger partial charge in [-0.25, -0.2) is 0 Å². The van der Waals surface area contributed by atoms with Gasteiger partial charge in [0.25, 0.3) is 0 Å². The first-order chi connectivity index (χ1) is 13.7. The van der Waals surface area contributed by atoms with Gasteiger partial charge in [0.2, 0.25) is 0 Å². The lowest BCUT2D eigenvalue weighted by Gasteiger charge is -2.28. The van der Waals surface area contributed by atoms with E-state index in [0.29, 0.717) is 24.5 Å². The fourth-order valence-corrected chi connectivity index (χ4v) is 3.85. The first kappa shape index (κ1) is 23.2. The predicted octanol–water partition coefficient (Wildman–Crippen LogP) is 4.84. The number of carbonyl (C=O) groups excluding carboxylic acids is 1. The Hall–Kier alpha value is -1.11. The number of nitrogens with zero attached hydrogens (tertiary/aromatic N) is 1. The minimum absolute atomic E-state index is 0.0238. The Kier molecular flexibility index (Phi) is 10.9. The van der Waals surface area contributed by atoms with E-state index in [-0.39, 0.29) is 5.78 Å². The molecule has 1 fully saturated rings. The van der Waals surface area contributed by atoms with Crippen molar-refractivity contribution in [2.24, 2.45) is 0 Å². The van der Waals surface area contributed by atoms with Crippen LogP contribution in [0.3, 0.4) is 0 Å². The van der Waals surface area contributed by atoms with Crippen molar-refractivity contribution in [1.29, 1.82) is 0 Å². The number of morpholine rings is 1. The molecule has 0 amide bonds. The first-order valence-corrected chi connectivity index (χ1v) is 11.5. The van der Waals surface area contributed by atoms with Gasteiger partial charge in [0.1, 0.15) is 11.5 Å². The van der Waals surface area contributed by atoms with Crippen molar-refractivity contribution in [3.8, 4) is 11.5 Å². The average Bonchev–Trinajstić information content (AvgIpc) is 2.71. The number of alkyl halides is 1. The van der Waals surface area contributed by atoms with E-state index in [4.69, 9.17) is 14.2 Å². The van der Waals surface area contributed by atoms with Gasteiger partial charge < -0.3 is 14.2 Å². The number of ether oxygens (including phenoxy) is 3. The van der Waals surface area contributed by atoms with Crippen molar-refractivity contribution in [3.05, 3.63) is 23.3 Å². The van der Waals surface area contributed by atoms with Crippen LogP contribution in [0.1, 0.15) is 61.4 Å². The van der Waals surface area contributed by atoms with Crippen LogP contribution in [0.25, 0.3) is 0 Å². The molecule has 0 radical (unpaired) electrons. The van der Waals surface area contributed by atoms with E-state index >= 15 is 0 Å². The third kappa shape index (κ3) is 7.37. The quantitative estimate of drug-likeness (QED) is 0.241. The molecule has 0 atom stereocenters. The molecule has 0 bridgehead atoms. The lowest BCUT2D eigenvalue weighted by molar-refractivity contribution is 0.0334. The molecule has 1 aliphatic rings. The van der Waals surface area contributed by atoms with E-state index in [1.165, 1.54) is 25.7 Å². The van der Waals surface area contributed by atoms with Crippen molar-refractivity contribution in [1.82, 2.24) is 4.90 Å². The maximum absolute atomic E-state index is 12.2. The van der Waals surface area contributed by atoms with Gasteiger partial charge in [-0.3, -0.25) is 9.69 Å². The number of methoxy groups -OCH3 is 1. The molecule has 1 aromatic rings. The van der Waals surface area contributed by atoms with Gasteiger partial charge in [-0.15, -0.1) is 0 Å². The van der Waals surface area contributed by atoms with E-state index < -0.39 is 0 Å². The van der Waals surface area contributed by atoms with Crippen molar-refractivity contribution in [2.45, 2.75) is 52.0 Å². The van der Waals surface area contributed by atoms with E-state index in [0.717, 1.165) is 55.8 Å². The van der Waals surface area contributed by atoms with Gasteiger partial charge >= 0.3 is 0 Å². The predicted molar refractivity (Wildman–Crippen MR) is 116 cm³/mol. The topological polar surface area (TPSA) is 48.0 Å². The van der Waals surface area contributed by atoms with Crippen molar-refractivity contribution in [3.63, 3.8) is 0 Å². The molecule has 1 aliphatic heterocycles. The summed E-state index contributed by atoms with van der Waals surface area (Å²) in [7, 11) is 1.67. The van der Waals surface area contributed by atoms with E-state index in [2.05, 4.69) is 20.8 Å². The maximum Gasteiger partial charge on any atom is 0.163 e. The van der Waals surface area contributed by atoms with Crippen LogP contribution in [0.2, 0.25) is 0 Å². The number of ketones is 1. The molecule has 2 rings (SSSR count). The molecule has 5 nitrogen and oxygen atoms in total. The fourth-order valence-electron chi connectivity index (χ4n) is 3.45. The van der Waals surface area contributed by atoms with Gasteiger partial charge in [0, 0.05) is 25.0 Å². The second-order valence-corrected chi connectivity index (χ2v) is 8.02. The van der Waals surface area contributed by atoms with Crippen molar-refractivity contribution >= 4 is 21.7 Å².